The second-order valence-corrected chi connectivity index (χ2v) is 1.90. The molecule has 0 saturated heterocycles. The largest absolute Gasteiger partial charge is 0.593 e. The van der Waals surface area contributed by atoms with Crippen LogP contribution in [0.4, 0.5) is 0 Å². The predicted octanol–water partition coefficient (Wildman–Crippen LogP) is 0.533. The zero-order chi connectivity index (χ0) is 7.56. The summed E-state index contributed by atoms with van der Waals surface area (Å²) in [7, 11) is 0. The average Bonchev–Trinajstić information content (AvgIpc) is 1.88. The van der Waals surface area contributed by atoms with Crippen molar-refractivity contribution in [1.29, 1.82) is 0 Å². The van der Waals surface area contributed by atoms with Crippen molar-refractivity contribution < 1.29 is 15.0 Å². The summed E-state index contributed by atoms with van der Waals surface area (Å²) in [5.41, 5.74) is 0.330. The first kappa shape index (κ1) is 6.61. The summed E-state index contributed by atoms with van der Waals surface area (Å²) in [6.07, 6.45) is 0. The first-order valence-electron chi connectivity index (χ1n) is 2.77. The van der Waals surface area contributed by atoms with Gasteiger partial charge >= 0.3 is 5.97 Å². The highest BCUT2D eigenvalue weighted by molar-refractivity contribution is 5.88. The maximum atomic E-state index is 8.53. The maximum absolute atomic E-state index is 8.53. The lowest BCUT2D eigenvalue weighted by Gasteiger charge is -1.85. The summed E-state index contributed by atoms with van der Waals surface area (Å²) in [5.74, 6) is -0.356. The fourth-order valence-electron chi connectivity index (χ4n) is 0.619. The van der Waals surface area contributed by atoms with Gasteiger partial charge in [0.2, 0.25) is 0 Å². The zero-order valence-corrected chi connectivity index (χ0v) is 5.20. The third kappa shape index (κ3) is 1.25. The second-order valence-electron chi connectivity index (χ2n) is 1.90. The van der Waals surface area contributed by atoms with Crippen LogP contribution in [0.1, 0.15) is 5.56 Å². The molecule has 3 nitrogen and oxygen atoms in total. The van der Waals surface area contributed by atoms with E-state index in [2.05, 4.69) is 0 Å². The van der Waals surface area contributed by atoms with E-state index >= 15 is 0 Å². The van der Waals surface area contributed by atoms with Crippen molar-refractivity contribution in [1.82, 2.24) is 0 Å². The molecule has 3 heteroatoms. The van der Waals surface area contributed by atoms with E-state index in [9.17, 15) is 0 Å². The lowest BCUT2D eigenvalue weighted by atomic mass is 10.2. The van der Waals surface area contributed by atoms with Crippen LogP contribution in [0.5, 0.6) is 5.75 Å². The van der Waals surface area contributed by atoms with E-state index < -0.39 is 5.97 Å². The standard InChI is InChI=1S/C7H6O3/c8-6-3-1-5(2-4-6)7(9)10/h1-4,8H,(H,9,10)/p+2. The Bertz CT molecular complexity index is 238. The van der Waals surface area contributed by atoms with Gasteiger partial charge in [0, 0.05) is 12.1 Å². The van der Waals surface area contributed by atoms with E-state index in [4.69, 9.17) is 15.0 Å². The minimum Gasteiger partial charge on any atom is -0.593 e. The molecule has 0 bridgehead atoms. The highest BCUT2D eigenvalue weighted by Gasteiger charge is 2.08. The summed E-state index contributed by atoms with van der Waals surface area (Å²) < 4.78 is 0. The Hall–Kier alpha value is -1.51. The van der Waals surface area contributed by atoms with Crippen molar-refractivity contribution in [2.45, 2.75) is 0 Å². The Kier molecular flexibility index (Phi) is 1.58. The van der Waals surface area contributed by atoms with Gasteiger partial charge in [-0.2, -0.15) is 0 Å². The molecule has 1 aromatic rings. The number of rotatable bonds is 1. The molecule has 0 spiro atoms. The Morgan fingerprint density at radius 2 is 1.80 bits per heavy atom. The third-order valence-corrected chi connectivity index (χ3v) is 1.14. The second kappa shape index (κ2) is 2.39. The first-order chi connectivity index (χ1) is 4.70. The van der Waals surface area contributed by atoms with Crippen molar-refractivity contribution in [3.05, 3.63) is 29.8 Å². The fourth-order valence-corrected chi connectivity index (χ4v) is 0.619. The highest BCUT2D eigenvalue weighted by Crippen LogP contribution is 2.08. The van der Waals surface area contributed by atoms with Gasteiger partial charge in [-0.05, 0) is 12.1 Å². The Labute approximate surface area is 57.5 Å². The highest BCUT2D eigenvalue weighted by atomic mass is 16.4. The van der Waals surface area contributed by atoms with E-state index in [-0.39, 0.29) is 0 Å². The van der Waals surface area contributed by atoms with Crippen molar-refractivity contribution >= 4 is 5.97 Å². The number of hydrogen-bond donors (Lipinski definition) is 1. The molecule has 1 rings (SSSR count). The summed E-state index contributed by atoms with van der Waals surface area (Å²) in [6.45, 7) is 0. The topological polar surface area (TPSA) is 64.5 Å². The fraction of sp³-hybridized carbons (Fsp3) is 0. The number of carboxylic acids is 1. The molecule has 4 N–H and O–H groups in total. The summed E-state index contributed by atoms with van der Waals surface area (Å²) >= 11 is 0. The Morgan fingerprint density at radius 3 is 2.20 bits per heavy atom. The van der Waals surface area contributed by atoms with E-state index in [0.717, 1.165) is 0 Å². The summed E-state index contributed by atoms with van der Waals surface area (Å²) in [6, 6.07) is 5.92. The van der Waals surface area contributed by atoms with Crippen LogP contribution in [-0.2, 0) is 0 Å². The van der Waals surface area contributed by atoms with Crippen molar-refractivity contribution in [3.8, 4) is 5.75 Å². The monoisotopic (exact) mass is 140 g/mol. The van der Waals surface area contributed by atoms with Crippen LogP contribution in [0.3, 0.4) is 0 Å². The number of aliphatic hydroxyl groups excluding tert-OH is 1. The predicted molar refractivity (Wildman–Crippen MR) is 38.2 cm³/mol. The zero-order valence-electron chi connectivity index (χ0n) is 5.20. The van der Waals surface area contributed by atoms with Crippen LogP contribution in [0.25, 0.3) is 0 Å². The van der Waals surface area contributed by atoms with Crippen LogP contribution >= 0.6 is 0 Å². The molecule has 0 unspecified atom stereocenters. The van der Waals surface area contributed by atoms with Gasteiger partial charge in [-0.15, -0.1) is 0 Å². The molecule has 0 aliphatic carbocycles. The minimum absolute atomic E-state index is 0.330. The third-order valence-electron chi connectivity index (χ3n) is 1.14. The van der Waals surface area contributed by atoms with Gasteiger partial charge in [0.25, 0.3) is 5.75 Å². The van der Waals surface area contributed by atoms with E-state index in [1.165, 1.54) is 24.3 Å². The van der Waals surface area contributed by atoms with Gasteiger partial charge in [-0.25, -0.2) is 0 Å². The van der Waals surface area contributed by atoms with Crippen LogP contribution in [0, 0.1) is 0 Å². The summed E-state index contributed by atoms with van der Waals surface area (Å²) in [5, 5.41) is 15.6. The summed E-state index contributed by atoms with van der Waals surface area (Å²) in [4.78, 5) is 8.53. The van der Waals surface area contributed by atoms with Crippen molar-refractivity contribution in [3.63, 3.8) is 0 Å². The Morgan fingerprint density at radius 1 is 1.30 bits per heavy atom. The van der Waals surface area contributed by atoms with E-state index in [0.29, 0.717) is 11.3 Å². The van der Waals surface area contributed by atoms with Crippen molar-refractivity contribution in [2.24, 2.45) is 0 Å². The van der Waals surface area contributed by atoms with Crippen molar-refractivity contribution in [2.75, 3.05) is 0 Å². The van der Waals surface area contributed by atoms with Gasteiger partial charge in [-0.3, -0.25) is 0 Å². The van der Waals surface area contributed by atoms with Crippen LogP contribution in [-0.4, -0.2) is 21.0 Å². The first-order valence-corrected chi connectivity index (χ1v) is 2.77. The molecule has 52 valence electrons. The Balaban J connectivity index is 3.00. The van der Waals surface area contributed by atoms with E-state index in [1.54, 1.807) is 0 Å². The lowest BCUT2D eigenvalue weighted by Crippen LogP contribution is -1.96. The molecule has 1 aromatic carbocycles. The molecule has 0 aromatic heterocycles. The quantitative estimate of drug-likeness (QED) is 0.568. The normalized spacial score (nSPS) is 9.20. The molecular formula is C7H8O3+2. The maximum Gasteiger partial charge on any atom is 0.515 e. The molecule has 0 fully saturated rings. The minimum atomic E-state index is -0.708. The molecule has 0 radical (unpaired) electrons. The number of hydrogen-bond acceptors (Lipinski definition) is 0. The van der Waals surface area contributed by atoms with Gasteiger partial charge in [0.15, 0.2) is 0 Å². The van der Waals surface area contributed by atoms with Crippen LogP contribution in [0.2, 0.25) is 0 Å². The molecule has 0 aliphatic heterocycles. The number of benzene rings is 1. The van der Waals surface area contributed by atoms with Gasteiger partial charge < -0.3 is 15.0 Å². The molecule has 0 heterocycles. The molecule has 0 saturated carbocycles. The van der Waals surface area contributed by atoms with Crippen LogP contribution < -0.4 is 0 Å². The van der Waals surface area contributed by atoms with Crippen LogP contribution in [0.15, 0.2) is 24.3 Å². The van der Waals surface area contributed by atoms with Gasteiger partial charge in [0.05, 0.1) is 0 Å². The molecule has 0 aliphatic rings. The smallest absolute Gasteiger partial charge is 0.515 e. The van der Waals surface area contributed by atoms with E-state index in [1.807, 2.05) is 0 Å². The molecule has 0 amide bonds. The van der Waals surface area contributed by atoms with Gasteiger partial charge in [-0.1, -0.05) is 0 Å². The number of carboxylic acid groups (broad SMARTS) is 1. The molecule has 10 heavy (non-hydrogen) atoms. The molecule has 0 atom stereocenters. The van der Waals surface area contributed by atoms with Gasteiger partial charge in [0.1, 0.15) is 5.56 Å². The SMILES string of the molecule is OC(=[OH+])c1ccc([OH2+])cc1. The average molecular weight is 140 g/mol. The molecular weight excluding hydrogens is 132 g/mol. The lowest BCUT2D eigenvalue weighted by molar-refractivity contribution is 0.462. The number of aromatic carboxylic acids is 1.